The third-order valence-electron chi connectivity index (χ3n) is 6.36. The summed E-state index contributed by atoms with van der Waals surface area (Å²) in [6.45, 7) is 0. The summed E-state index contributed by atoms with van der Waals surface area (Å²) in [7, 11) is 0. The fraction of sp³-hybridized carbons (Fsp3) is 0.500. The number of aliphatic hydroxyl groups is 5. The van der Waals surface area contributed by atoms with Gasteiger partial charge in [-0.3, -0.25) is 28.8 Å². The number of carboxylic acid groups (broad SMARTS) is 15. The van der Waals surface area contributed by atoms with Gasteiger partial charge in [0.25, 0.3) is 0 Å². The molecule has 370 valence electrons. The molecule has 0 heterocycles. The summed E-state index contributed by atoms with van der Waals surface area (Å²) >= 11 is 0. The molecule has 0 bridgehead atoms. The molecule has 0 aromatic rings. The van der Waals surface area contributed by atoms with Crippen LogP contribution in [0.1, 0.15) is 64.2 Å². The summed E-state index contributed by atoms with van der Waals surface area (Å²) in [6.07, 6.45) is -12.3. The summed E-state index contributed by atoms with van der Waals surface area (Å²) in [5, 5.41) is 179. The van der Waals surface area contributed by atoms with Crippen molar-refractivity contribution in [3.63, 3.8) is 0 Å². The minimum absolute atomic E-state index is 0. The molecule has 0 radical (unpaired) electrons. The second-order valence-corrected chi connectivity index (χ2v) is 12.3. The predicted octanol–water partition coefficient (Wildman–Crippen LogP) is -15.4. The zero-order chi connectivity index (χ0) is 53.2. The molecule has 0 aromatic carbocycles. The molecule has 0 aromatic heterocycles. The van der Waals surface area contributed by atoms with Gasteiger partial charge in [-0.05, 0) is 0 Å². The van der Waals surface area contributed by atoms with E-state index >= 15 is 0 Å². The van der Waals surface area contributed by atoms with Crippen LogP contribution in [0.2, 0.25) is 0 Å². The molecule has 0 saturated heterocycles. The smallest absolute Gasteiger partial charge is 0.550 e. The van der Waals surface area contributed by atoms with Gasteiger partial charge in [-0.1, -0.05) is 0 Å². The Labute approximate surface area is 422 Å². The van der Waals surface area contributed by atoms with Crippen molar-refractivity contribution in [1.82, 2.24) is 0 Å². The van der Waals surface area contributed by atoms with Gasteiger partial charge in [0.1, 0.15) is 11.2 Å². The molecule has 35 nitrogen and oxygen atoms in total. The van der Waals surface area contributed by atoms with Gasteiger partial charge in [0.15, 0.2) is 16.8 Å². The molecule has 0 unspecified atom stereocenters. The van der Waals surface area contributed by atoms with E-state index in [2.05, 4.69) is 0 Å². The van der Waals surface area contributed by atoms with Gasteiger partial charge in [0.05, 0.1) is 50.5 Å². The van der Waals surface area contributed by atoms with Crippen molar-refractivity contribution in [3.8, 4) is 0 Å². The molecule has 68 heavy (non-hydrogen) atoms. The van der Waals surface area contributed by atoms with Crippen LogP contribution >= 0.6 is 0 Å². The molecule has 0 spiro atoms. The van der Waals surface area contributed by atoms with Crippen molar-refractivity contribution >= 4 is 159 Å². The maximum Gasteiger partial charge on any atom is 2.00 e. The Morgan fingerprint density at radius 3 is 0.426 bits per heavy atom. The standard InChI is InChI=1S/5C6H8O7.3Mg/c5*7-3(8)1-6(13,5(11)12)2-4(9)10;;;/h5*13H,1-2H2,(H,7,8)(H,9,10)(H,11,12);;;/q;;;;;3*+2/p-6. The van der Waals surface area contributed by atoms with Crippen LogP contribution in [0.4, 0.5) is 0 Å². The van der Waals surface area contributed by atoms with Crippen molar-refractivity contribution in [3.05, 3.63) is 0 Å². The SMILES string of the molecule is O=C(O)CC(O)(CC(=O)O)C(=O)O.O=C(O)CC(O)(CC(=O)O)C(=O)O.O=C(O)CC(O)(CC(=O)O)C(=O)O.O=C([O-])CC(O)(CC(=O)[O-])C(=O)[O-].O=C([O-])CC(O)(CC(=O)[O-])C(=O)[O-].[Mg+2].[Mg+2].[Mg+2]. The first kappa shape index (κ1) is 79.3. The van der Waals surface area contributed by atoms with E-state index in [1.807, 2.05) is 0 Å². The van der Waals surface area contributed by atoms with Crippen LogP contribution in [0.3, 0.4) is 0 Å². The van der Waals surface area contributed by atoms with Crippen LogP contribution in [0.5, 0.6) is 0 Å². The third kappa shape index (κ3) is 38.3. The summed E-state index contributed by atoms with van der Waals surface area (Å²) in [4.78, 5) is 151. The van der Waals surface area contributed by atoms with Crippen LogP contribution in [0, 0.1) is 0 Å². The van der Waals surface area contributed by atoms with Crippen molar-refractivity contribution in [2.45, 2.75) is 92.2 Å². The Morgan fingerprint density at radius 1 is 0.250 bits per heavy atom. The Morgan fingerprint density at radius 2 is 0.368 bits per heavy atom. The predicted molar refractivity (Wildman–Crippen MR) is 187 cm³/mol. The van der Waals surface area contributed by atoms with E-state index < -0.39 is 182 Å². The molecule has 0 aliphatic heterocycles. The first-order valence-corrected chi connectivity index (χ1v) is 15.7. The summed E-state index contributed by atoms with van der Waals surface area (Å²) < 4.78 is 0. The third-order valence-corrected chi connectivity index (χ3v) is 6.36. The minimum Gasteiger partial charge on any atom is -0.550 e. The minimum atomic E-state index is -2.97. The Kier molecular flexibility index (Phi) is 41.2. The van der Waals surface area contributed by atoms with Gasteiger partial charge in [-0.15, -0.1) is 0 Å². The number of carbonyl (C=O) groups excluding carboxylic acids is 6. The van der Waals surface area contributed by atoms with E-state index in [-0.39, 0.29) is 69.2 Å². The zero-order valence-electron chi connectivity index (χ0n) is 34.0. The van der Waals surface area contributed by atoms with Crippen LogP contribution in [0.25, 0.3) is 0 Å². The molecule has 0 amide bonds. The molecular formula is C30H34Mg3O35. The maximum atomic E-state index is 10.3. The number of hydrogen-bond acceptors (Lipinski definition) is 26. The normalized spacial score (nSPS) is 10.4. The second-order valence-electron chi connectivity index (χ2n) is 12.3. The zero-order valence-corrected chi connectivity index (χ0v) is 38.3. The van der Waals surface area contributed by atoms with Gasteiger partial charge >= 0.3 is 123 Å². The summed E-state index contributed by atoms with van der Waals surface area (Å²) in [6, 6.07) is 0. The van der Waals surface area contributed by atoms with Crippen LogP contribution in [-0.4, -0.2) is 258 Å². The fourth-order valence-corrected chi connectivity index (χ4v) is 3.51. The van der Waals surface area contributed by atoms with Crippen LogP contribution in [0.15, 0.2) is 0 Å². The van der Waals surface area contributed by atoms with Gasteiger partial charge in [0.2, 0.25) is 0 Å². The van der Waals surface area contributed by atoms with Crippen LogP contribution < -0.4 is 30.6 Å². The van der Waals surface area contributed by atoms with Crippen molar-refractivity contribution in [1.29, 1.82) is 0 Å². The van der Waals surface area contributed by atoms with E-state index in [1.165, 1.54) is 0 Å². The van der Waals surface area contributed by atoms with Gasteiger partial charge in [0, 0.05) is 49.6 Å². The van der Waals surface area contributed by atoms with Crippen molar-refractivity contribution in [2.75, 3.05) is 0 Å². The topological polar surface area (TPSA) is 678 Å². The number of carbonyl (C=O) groups is 15. The van der Waals surface area contributed by atoms with E-state index in [4.69, 9.17) is 71.5 Å². The molecule has 0 rings (SSSR count). The monoisotopic (exact) mass is 1030 g/mol. The number of rotatable bonds is 25. The average molecular weight is 1030 g/mol. The number of carboxylic acids is 15. The largest absolute Gasteiger partial charge is 2.00 e. The molecule has 0 aliphatic carbocycles. The van der Waals surface area contributed by atoms with Gasteiger partial charge < -0.3 is 131 Å². The number of hydrogen-bond donors (Lipinski definition) is 14. The fourth-order valence-electron chi connectivity index (χ4n) is 3.51. The number of aliphatic carboxylic acids is 15. The summed E-state index contributed by atoms with van der Waals surface area (Å²) in [5.41, 5.74) is -14.2. The van der Waals surface area contributed by atoms with Crippen molar-refractivity contribution in [2.24, 2.45) is 0 Å². The molecular weight excluding hydrogens is 993 g/mol. The Bertz CT molecular complexity index is 1460. The van der Waals surface area contributed by atoms with E-state index in [0.717, 1.165) is 0 Å². The van der Waals surface area contributed by atoms with E-state index in [1.54, 1.807) is 0 Å². The Balaban J connectivity index is -0.000000109. The van der Waals surface area contributed by atoms with E-state index in [9.17, 15) is 103 Å². The molecule has 38 heteroatoms. The molecule has 0 fully saturated rings. The maximum absolute atomic E-state index is 10.3. The molecule has 14 N–H and O–H groups in total. The first-order chi connectivity index (χ1) is 28.9. The van der Waals surface area contributed by atoms with E-state index in [0.29, 0.717) is 0 Å². The molecule has 0 aliphatic rings. The Hall–Kier alpha value is -5.85. The van der Waals surface area contributed by atoms with Gasteiger partial charge in [-0.2, -0.15) is 0 Å². The quantitative estimate of drug-likeness (QED) is 0.0378. The first-order valence-electron chi connectivity index (χ1n) is 15.7. The summed E-state index contributed by atoms with van der Waals surface area (Å²) in [5.74, 6) is -27.0. The van der Waals surface area contributed by atoms with Crippen molar-refractivity contribution < 1.29 is 174 Å². The van der Waals surface area contributed by atoms with Gasteiger partial charge in [-0.25, -0.2) is 14.4 Å². The molecule has 0 saturated carbocycles. The second kappa shape index (κ2) is 35.3. The molecule has 0 atom stereocenters. The van der Waals surface area contributed by atoms with Crippen LogP contribution in [-0.2, 0) is 71.9 Å². The average Bonchev–Trinajstić information content (AvgIpc) is 3.01.